The summed E-state index contributed by atoms with van der Waals surface area (Å²) in [5.41, 5.74) is 4.42. The lowest BCUT2D eigenvalue weighted by molar-refractivity contribution is 0.173. The molecule has 0 saturated carbocycles. The first-order valence-electron chi connectivity index (χ1n) is 6.59. The van der Waals surface area contributed by atoms with Gasteiger partial charge in [0, 0.05) is 16.5 Å². The van der Waals surface area contributed by atoms with Crippen LogP contribution >= 0.6 is 15.9 Å². The molecule has 1 unspecified atom stereocenters. The molecule has 2 rings (SSSR count). The molecule has 0 aliphatic heterocycles. The number of benzene rings is 2. The highest BCUT2D eigenvalue weighted by Gasteiger charge is 2.16. The first kappa shape index (κ1) is 15.1. The molecule has 1 N–H and O–H groups in total. The Balaban J connectivity index is 2.33. The second-order valence-electron chi connectivity index (χ2n) is 4.98. The Labute approximate surface area is 128 Å². The van der Waals surface area contributed by atoms with Crippen molar-refractivity contribution in [1.29, 1.82) is 0 Å². The van der Waals surface area contributed by atoms with Crippen LogP contribution in [0.2, 0.25) is 0 Å². The fraction of sp³-hybridized carbons (Fsp3) is 0.294. The van der Waals surface area contributed by atoms with E-state index in [1.54, 1.807) is 7.11 Å². The summed E-state index contributed by atoms with van der Waals surface area (Å²) in [4.78, 5) is 0. The summed E-state index contributed by atoms with van der Waals surface area (Å²) in [7, 11) is 1.62. The Morgan fingerprint density at radius 2 is 1.80 bits per heavy atom. The van der Waals surface area contributed by atoms with Gasteiger partial charge in [-0.15, -0.1) is 0 Å². The Bertz CT molecular complexity index is 588. The van der Waals surface area contributed by atoms with Gasteiger partial charge in [0.15, 0.2) is 0 Å². The minimum absolute atomic E-state index is 0.581. The van der Waals surface area contributed by atoms with Crippen LogP contribution < -0.4 is 4.74 Å². The number of aryl methyl sites for hydroxylation is 2. The molecule has 20 heavy (non-hydrogen) atoms. The van der Waals surface area contributed by atoms with Gasteiger partial charge >= 0.3 is 0 Å². The number of aliphatic hydroxyl groups excluding tert-OH is 1. The number of hydrogen-bond donors (Lipinski definition) is 1. The molecule has 1 atom stereocenters. The second-order valence-corrected chi connectivity index (χ2v) is 5.89. The van der Waals surface area contributed by atoms with Gasteiger partial charge in [-0.1, -0.05) is 34.1 Å². The van der Waals surface area contributed by atoms with E-state index in [1.807, 2.05) is 24.3 Å². The van der Waals surface area contributed by atoms with Crippen molar-refractivity contribution in [3.05, 3.63) is 63.1 Å². The predicted molar refractivity (Wildman–Crippen MR) is 85.3 cm³/mol. The van der Waals surface area contributed by atoms with Crippen molar-refractivity contribution in [1.82, 2.24) is 0 Å². The highest BCUT2D eigenvalue weighted by molar-refractivity contribution is 9.10. The van der Waals surface area contributed by atoms with E-state index in [0.717, 1.165) is 10.0 Å². The summed E-state index contributed by atoms with van der Waals surface area (Å²) in [6, 6.07) is 11.9. The molecule has 0 spiro atoms. The van der Waals surface area contributed by atoms with Crippen molar-refractivity contribution >= 4 is 15.9 Å². The van der Waals surface area contributed by atoms with Crippen LogP contribution in [0.4, 0.5) is 0 Å². The van der Waals surface area contributed by atoms with Crippen molar-refractivity contribution < 1.29 is 9.84 Å². The lowest BCUT2D eigenvalue weighted by Crippen LogP contribution is -2.06. The van der Waals surface area contributed by atoms with Crippen LogP contribution in [0, 0.1) is 13.8 Å². The van der Waals surface area contributed by atoms with Gasteiger partial charge in [-0.05, 0) is 48.7 Å². The summed E-state index contributed by atoms with van der Waals surface area (Å²) in [5, 5.41) is 10.6. The molecule has 0 aromatic heterocycles. The van der Waals surface area contributed by atoms with Gasteiger partial charge in [-0.3, -0.25) is 0 Å². The maximum atomic E-state index is 10.6. The van der Waals surface area contributed by atoms with E-state index in [4.69, 9.17) is 4.74 Å². The molecule has 0 saturated heterocycles. The monoisotopic (exact) mass is 334 g/mol. The third-order valence-corrected chi connectivity index (χ3v) is 4.09. The molecule has 0 aliphatic rings. The Kier molecular flexibility index (Phi) is 4.84. The quantitative estimate of drug-likeness (QED) is 0.900. The zero-order valence-electron chi connectivity index (χ0n) is 12.0. The van der Waals surface area contributed by atoms with E-state index < -0.39 is 6.10 Å². The fourth-order valence-electron chi connectivity index (χ4n) is 2.44. The minimum atomic E-state index is -0.581. The summed E-state index contributed by atoms with van der Waals surface area (Å²) in [5.74, 6) is 0.715. The van der Waals surface area contributed by atoms with Gasteiger partial charge in [-0.2, -0.15) is 0 Å². The summed E-state index contributed by atoms with van der Waals surface area (Å²) in [6.07, 6.45) is 0.00736. The Hall–Kier alpha value is -1.32. The molecule has 0 heterocycles. The van der Waals surface area contributed by atoms with Gasteiger partial charge in [-0.25, -0.2) is 0 Å². The number of hydrogen-bond acceptors (Lipinski definition) is 2. The number of aliphatic hydroxyl groups is 1. The highest BCUT2D eigenvalue weighted by atomic mass is 79.9. The maximum Gasteiger partial charge on any atom is 0.124 e. The van der Waals surface area contributed by atoms with Crippen LogP contribution in [0.3, 0.4) is 0 Å². The fourth-order valence-corrected chi connectivity index (χ4v) is 2.82. The Morgan fingerprint density at radius 1 is 1.15 bits per heavy atom. The van der Waals surface area contributed by atoms with Gasteiger partial charge < -0.3 is 9.84 Å². The van der Waals surface area contributed by atoms with Gasteiger partial charge in [0.1, 0.15) is 5.75 Å². The summed E-state index contributed by atoms with van der Waals surface area (Å²) < 4.78 is 6.28. The van der Waals surface area contributed by atoms with E-state index in [1.165, 1.54) is 16.7 Å². The highest BCUT2D eigenvalue weighted by Crippen LogP contribution is 2.31. The van der Waals surface area contributed by atoms with Gasteiger partial charge in [0.2, 0.25) is 0 Å². The van der Waals surface area contributed by atoms with E-state index in [0.29, 0.717) is 12.2 Å². The average molecular weight is 335 g/mol. The number of rotatable bonds is 4. The third-order valence-electron chi connectivity index (χ3n) is 3.59. The average Bonchev–Trinajstić information content (AvgIpc) is 2.43. The molecule has 0 radical (unpaired) electrons. The molecule has 0 aliphatic carbocycles. The standard InChI is InChI=1S/C17H19BrO2/c1-11-5-4-6-12(2)14(11)10-16(19)15-9-13(18)7-8-17(15)20-3/h4-9,16,19H,10H2,1-3H3. The largest absolute Gasteiger partial charge is 0.496 e. The molecule has 0 bridgehead atoms. The first-order valence-corrected chi connectivity index (χ1v) is 7.39. The minimum Gasteiger partial charge on any atom is -0.496 e. The number of methoxy groups -OCH3 is 1. The lowest BCUT2D eigenvalue weighted by atomic mass is 9.94. The van der Waals surface area contributed by atoms with E-state index in [-0.39, 0.29) is 0 Å². The van der Waals surface area contributed by atoms with E-state index in [2.05, 4.69) is 41.9 Å². The Morgan fingerprint density at radius 3 is 2.40 bits per heavy atom. The van der Waals surface area contributed by atoms with E-state index in [9.17, 15) is 5.11 Å². The van der Waals surface area contributed by atoms with E-state index >= 15 is 0 Å². The molecule has 0 fully saturated rings. The van der Waals surface area contributed by atoms with Crippen LogP contribution in [-0.2, 0) is 6.42 Å². The van der Waals surface area contributed by atoms with Crippen molar-refractivity contribution in [3.63, 3.8) is 0 Å². The maximum absolute atomic E-state index is 10.6. The van der Waals surface area contributed by atoms with Crippen LogP contribution in [0.25, 0.3) is 0 Å². The molecule has 2 nitrogen and oxygen atoms in total. The SMILES string of the molecule is COc1ccc(Br)cc1C(O)Cc1c(C)cccc1C. The van der Waals surface area contributed by atoms with Crippen molar-refractivity contribution in [2.24, 2.45) is 0 Å². The van der Waals surface area contributed by atoms with Crippen molar-refractivity contribution in [3.8, 4) is 5.75 Å². The van der Waals surface area contributed by atoms with Crippen LogP contribution in [0.15, 0.2) is 40.9 Å². The third kappa shape index (κ3) is 3.22. The topological polar surface area (TPSA) is 29.5 Å². The normalized spacial score (nSPS) is 12.2. The second kappa shape index (κ2) is 6.42. The molecule has 106 valence electrons. The van der Waals surface area contributed by atoms with Crippen molar-refractivity contribution in [2.45, 2.75) is 26.4 Å². The molecule has 3 heteroatoms. The lowest BCUT2D eigenvalue weighted by Gasteiger charge is -2.18. The molecule has 2 aromatic carbocycles. The smallest absolute Gasteiger partial charge is 0.124 e. The van der Waals surface area contributed by atoms with Gasteiger partial charge in [0.05, 0.1) is 13.2 Å². The molecular weight excluding hydrogens is 316 g/mol. The molecule has 2 aromatic rings. The molecule has 0 amide bonds. The molecular formula is C17H19BrO2. The number of ether oxygens (including phenoxy) is 1. The first-order chi connectivity index (χ1) is 9.52. The zero-order valence-corrected chi connectivity index (χ0v) is 13.6. The number of halogens is 1. The van der Waals surface area contributed by atoms with Crippen LogP contribution in [0.1, 0.15) is 28.4 Å². The van der Waals surface area contributed by atoms with Gasteiger partial charge in [0.25, 0.3) is 0 Å². The van der Waals surface area contributed by atoms with Crippen LogP contribution in [0.5, 0.6) is 5.75 Å². The summed E-state index contributed by atoms with van der Waals surface area (Å²) in [6.45, 7) is 4.15. The zero-order chi connectivity index (χ0) is 14.7. The predicted octanol–water partition coefficient (Wildman–Crippen LogP) is 4.35. The van der Waals surface area contributed by atoms with Crippen LogP contribution in [-0.4, -0.2) is 12.2 Å². The summed E-state index contributed by atoms with van der Waals surface area (Å²) >= 11 is 3.44. The van der Waals surface area contributed by atoms with Crippen molar-refractivity contribution in [2.75, 3.05) is 7.11 Å².